The van der Waals surface area contributed by atoms with Gasteiger partial charge in [-0.1, -0.05) is 0 Å². The van der Waals surface area contributed by atoms with Crippen molar-refractivity contribution in [1.29, 1.82) is 0 Å². The second-order valence-electron chi connectivity index (χ2n) is 1.02. The number of carbonyl (C=O) groups is 1. The van der Waals surface area contributed by atoms with Crippen LogP contribution in [0.2, 0.25) is 0 Å². The maximum atomic E-state index is 9.13. The van der Waals surface area contributed by atoms with Crippen LogP contribution in [0.3, 0.4) is 0 Å². The number of carboxylic acids is 1. The fourth-order valence-electron chi connectivity index (χ4n) is 0. The molecule has 9 heteroatoms. The summed E-state index contributed by atoms with van der Waals surface area (Å²) in [6.07, 6.45) is 0. The van der Waals surface area contributed by atoms with Crippen molar-refractivity contribution >= 4 is 16.4 Å². The van der Waals surface area contributed by atoms with Gasteiger partial charge in [0.15, 0.2) is 0 Å². The van der Waals surface area contributed by atoms with Crippen LogP contribution < -0.4 is 40.4 Å². The molecular formula is C2H6NNaO6S. The van der Waals surface area contributed by atoms with Crippen molar-refractivity contribution in [3.8, 4) is 0 Å². The SMILES string of the molecule is NCC(=O)[O-].O=S(=O)(O)O.[Na+]. The molecule has 0 saturated carbocycles. The second-order valence-corrected chi connectivity index (χ2v) is 1.92. The minimum Gasteiger partial charge on any atom is -0.549 e. The molecule has 0 fully saturated rings. The van der Waals surface area contributed by atoms with Gasteiger partial charge in [0, 0.05) is 6.54 Å². The van der Waals surface area contributed by atoms with E-state index < -0.39 is 16.4 Å². The van der Waals surface area contributed by atoms with Crippen LogP contribution in [0, 0.1) is 0 Å². The van der Waals surface area contributed by atoms with E-state index in [1.807, 2.05) is 0 Å². The molecule has 11 heavy (non-hydrogen) atoms. The predicted molar refractivity (Wildman–Crippen MR) is 28.2 cm³/mol. The van der Waals surface area contributed by atoms with Gasteiger partial charge in [0.25, 0.3) is 0 Å². The van der Waals surface area contributed by atoms with E-state index in [9.17, 15) is 0 Å². The van der Waals surface area contributed by atoms with Crippen LogP contribution in [0.5, 0.6) is 0 Å². The Kier molecular flexibility index (Phi) is 13.3. The fraction of sp³-hybridized carbons (Fsp3) is 0.500. The van der Waals surface area contributed by atoms with Crippen LogP contribution in [-0.4, -0.2) is 30.0 Å². The van der Waals surface area contributed by atoms with Gasteiger partial charge in [0.05, 0.1) is 5.97 Å². The molecule has 0 saturated heterocycles. The molecule has 0 aromatic rings. The minimum absolute atomic E-state index is 0. The topological polar surface area (TPSA) is 141 Å². The number of rotatable bonds is 1. The van der Waals surface area contributed by atoms with E-state index in [1.54, 1.807) is 0 Å². The molecule has 0 spiro atoms. The van der Waals surface area contributed by atoms with E-state index in [0.717, 1.165) is 0 Å². The number of hydrogen-bond donors (Lipinski definition) is 3. The Hall–Kier alpha value is 0.300. The average Bonchev–Trinajstić information content (AvgIpc) is 1.61. The summed E-state index contributed by atoms with van der Waals surface area (Å²) in [5, 5.41) is 9.13. The normalized spacial score (nSPS) is 8.64. The predicted octanol–water partition coefficient (Wildman–Crippen LogP) is -5.95. The minimum atomic E-state index is -4.67. The largest absolute Gasteiger partial charge is 1.00 e. The van der Waals surface area contributed by atoms with E-state index in [0.29, 0.717) is 0 Å². The van der Waals surface area contributed by atoms with Gasteiger partial charge in [0.2, 0.25) is 0 Å². The first-order valence-electron chi connectivity index (χ1n) is 1.87. The Labute approximate surface area is 85.5 Å². The molecule has 0 unspecified atom stereocenters. The molecule has 0 aliphatic rings. The zero-order chi connectivity index (χ0) is 8.78. The van der Waals surface area contributed by atoms with E-state index in [1.165, 1.54) is 0 Å². The van der Waals surface area contributed by atoms with Crippen molar-refractivity contribution in [3.05, 3.63) is 0 Å². The summed E-state index contributed by atoms with van der Waals surface area (Å²) in [5.41, 5.74) is 4.51. The molecule has 4 N–H and O–H groups in total. The summed E-state index contributed by atoms with van der Waals surface area (Å²) in [6.45, 7) is -0.389. The fourth-order valence-corrected chi connectivity index (χ4v) is 0. The molecule has 7 nitrogen and oxygen atoms in total. The van der Waals surface area contributed by atoms with Crippen LogP contribution in [0.15, 0.2) is 0 Å². The summed E-state index contributed by atoms with van der Waals surface area (Å²) in [6, 6.07) is 0. The van der Waals surface area contributed by atoms with E-state index in [-0.39, 0.29) is 36.1 Å². The standard InChI is InChI=1S/C2H5NO2.Na.H2O4S/c3-1-2(4)5;;1-5(2,3)4/h1,3H2,(H,4,5);;(H2,1,2,3,4)/q;+1;/p-1. The summed E-state index contributed by atoms with van der Waals surface area (Å²) in [5.74, 6) is -1.22. The molecule has 0 radical (unpaired) electrons. The van der Waals surface area contributed by atoms with Crippen LogP contribution in [-0.2, 0) is 15.2 Å². The molecule has 0 atom stereocenters. The number of carboxylic acid groups (broad SMARTS) is 1. The number of hydrogen-bond acceptors (Lipinski definition) is 5. The summed E-state index contributed by atoms with van der Waals surface area (Å²) < 4.78 is 31.6. The zero-order valence-electron chi connectivity index (χ0n) is 5.72. The van der Waals surface area contributed by atoms with Crippen LogP contribution in [0.1, 0.15) is 0 Å². The van der Waals surface area contributed by atoms with Crippen LogP contribution in [0.25, 0.3) is 0 Å². The van der Waals surface area contributed by atoms with Gasteiger partial charge in [-0.05, 0) is 0 Å². The maximum absolute atomic E-state index is 9.13. The number of aliphatic carboxylic acids is 1. The van der Waals surface area contributed by atoms with E-state index >= 15 is 0 Å². The molecule has 0 aliphatic heterocycles. The van der Waals surface area contributed by atoms with Gasteiger partial charge in [-0.25, -0.2) is 0 Å². The van der Waals surface area contributed by atoms with Crippen molar-refractivity contribution in [2.24, 2.45) is 5.73 Å². The molecule has 0 aliphatic carbocycles. The van der Waals surface area contributed by atoms with E-state index in [4.69, 9.17) is 27.4 Å². The van der Waals surface area contributed by atoms with Gasteiger partial charge >= 0.3 is 40.0 Å². The van der Waals surface area contributed by atoms with E-state index in [2.05, 4.69) is 5.73 Å². The zero-order valence-corrected chi connectivity index (χ0v) is 8.54. The Morgan fingerprint density at radius 1 is 1.45 bits per heavy atom. The molecule has 0 amide bonds. The molecule has 0 bridgehead atoms. The number of carbonyl (C=O) groups excluding carboxylic acids is 1. The molecule has 62 valence electrons. The summed E-state index contributed by atoms with van der Waals surface area (Å²) in [7, 11) is -4.67. The first-order chi connectivity index (χ1) is 4.27. The average molecular weight is 195 g/mol. The van der Waals surface area contributed by atoms with Crippen molar-refractivity contribution in [3.63, 3.8) is 0 Å². The van der Waals surface area contributed by atoms with Gasteiger partial charge in [-0.2, -0.15) is 8.42 Å². The van der Waals surface area contributed by atoms with Crippen molar-refractivity contribution in [1.82, 2.24) is 0 Å². The van der Waals surface area contributed by atoms with Crippen molar-refractivity contribution in [2.75, 3.05) is 6.54 Å². The van der Waals surface area contributed by atoms with Gasteiger partial charge < -0.3 is 15.6 Å². The Balaban J connectivity index is -0.000000107. The van der Waals surface area contributed by atoms with Crippen LogP contribution in [0.4, 0.5) is 0 Å². The van der Waals surface area contributed by atoms with Gasteiger partial charge in [-0.15, -0.1) is 0 Å². The molecule has 0 heterocycles. The first-order valence-corrected chi connectivity index (χ1v) is 3.27. The Morgan fingerprint density at radius 2 is 1.55 bits per heavy atom. The first kappa shape index (κ1) is 17.4. The smallest absolute Gasteiger partial charge is 0.549 e. The molecule has 0 aromatic heterocycles. The summed E-state index contributed by atoms with van der Waals surface area (Å²) >= 11 is 0. The second kappa shape index (κ2) is 8.40. The third kappa shape index (κ3) is 134. The van der Waals surface area contributed by atoms with Crippen molar-refractivity contribution < 1.29 is 57.0 Å². The van der Waals surface area contributed by atoms with Crippen LogP contribution >= 0.6 is 0 Å². The number of nitrogens with two attached hydrogens (primary N) is 1. The molecule has 0 aromatic carbocycles. The Bertz CT molecular complexity index is 179. The third-order valence-corrected chi connectivity index (χ3v) is 0.167. The maximum Gasteiger partial charge on any atom is 1.00 e. The Morgan fingerprint density at radius 3 is 1.55 bits per heavy atom. The van der Waals surface area contributed by atoms with Gasteiger partial charge in [-0.3, -0.25) is 9.11 Å². The van der Waals surface area contributed by atoms with Crippen molar-refractivity contribution in [2.45, 2.75) is 0 Å². The molecular weight excluding hydrogens is 189 g/mol. The van der Waals surface area contributed by atoms with Gasteiger partial charge in [0.1, 0.15) is 0 Å². The quantitative estimate of drug-likeness (QED) is 0.279. The summed E-state index contributed by atoms with van der Waals surface area (Å²) in [4.78, 5) is 9.13. The molecule has 0 rings (SSSR count). The third-order valence-electron chi connectivity index (χ3n) is 0.167. The monoisotopic (exact) mass is 195 g/mol.